The van der Waals surface area contributed by atoms with Crippen molar-refractivity contribution in [1.29, 1.82) is 0 Å². The molecule has 0 aliphatic rings. The van der Waals surface area contributed by atoms with Gasteiger partial charge in [-0.3, -0.25) is 4.79 Å². The van der Waals surface area contributed by atoms with Crippen LogP contribution in [0.1, 0.15) is 33.4 Å². The predicted octanol–water partition coefficient (Wildman–Crippen LogP) is 5.30. The van der Waals surface area contributed by atoms with Gasteiger partial charge in [0.15, 0.2) is 0 Å². The second-order valence-electron chi connectivity index (χ2n) is 5.82. The topological polar surface area (TPSA) is 80.9 Å². The van der Waals surface area contributed by atoms with E-state index in [-0.39, 0.29) is 18.1 Å². The number of hydrogen-bond donors (Lipinski definition) is 1. The molecule has 3 rings (SSSR count). The summed E-state index contributed by atoms with van der Waals surface area (Å²) < 4.78 is 11.6. The molecule has 1 N–H and O–H groups in total. The SMILES string of the molecule is CCOC(=O)c1cc(-c2ccc(/C=N\NC(=O)c3ccc(Br)cc3)o2)ccc1Cl. The van der Waals surface area contributed by atoms with Crippen molar-refractivity contribution in [3.63, 3.8) is 0 Å². The average molecular weight is 476 g/mol. The molecular weight excluding hydrogens is 460 g/mol. The van der Waals surface area contributed by atoms with E-state index in [9.17, 15) is 9.59 Å². The second-order valence-corrected chi connectivity index (χ2v) is 7.15. The first-order valence-corrected chi connectivity index (χ1v) is 9.81. The lowest BCUT2D eigenvalue weighted by Crippen LogP contribution is -2.17. The molecule has 0 bridgehead atoms. The largest absolute Gasteiger partial charge is 0.462 e. The van der Waals surface area contributed by atoms with Crippen LogP contribution in [0, 0.1) is 0 Å². The molecule has 0 atom stereocenters. The zero-order chi connectivity index (χ0) is 20.8. The van der Waals surface area contributed by atoms with Gasteiger partial charge < -0.3 is 9.15 Å². The number of nitrogens with one attached hydrogen (secondary N) is 1. The maximum Gasteiger partial charge on any atom is 0.339 e. The minimum Gasteiger partial charge on any atom is -0.462 e. The Bertz CT molecular complexity index is 1060. The normalized spacial score (nSPS) is 10.9. The molecule has 6 nitrogen and oxygen atoms in total. The van der Waals surface area contributed by atoms with Crippen molar-refractivity contribution in [3.05, 3.63) is 81.0 Å². The number of hydrazone groups is 1. The summed E-state index contributed by atoms with van der Waals surface area (Å²) in [5.74, 6) is 0.122. The first-order chi connectivity index (χ1) is 14.0. The van der Waals surface area contributed by atoms with Crippen molar-refractivity contribution in [2.24, 2.45) is 5.10 Å². The van der Waals surface area contributed by atoms with Crippen LogP contribution in [0.5, 0.6) is 0 Å². The summed E-state index contributed by atoms with van der Waals surface area (Å²) in [7, 11) is 0. The third-order valence-corrected chi connectivity index (χ3v) is 4.70. The molecule has 3 aromatic rings. The molecule has 1 amide bonds. The number of halogens is 2. The standard InChI is InChI=1S/C21H16BrClN2O4/c1-2-28-21(27)17-11-14(5-9-18(17)23)19-10-8-16(29-19)12-24-25-20(26)13-3-6-15(22)7-4-13/h3-12H,2H2,1H3,(H,25,26)/b24-12-. The summed E-state index contributed by atoms with van der Waals surface area (Å²) in [5, 5.41) is 4.21. The van der Waals surface area contributed by atoms with Gasteiger partial charge in [0.25, 0.3) is 5.91 Å². The molecule has 148 valence electrons. The molecule has 0 aliphatic heterocycles. The predicted molar refractivity (Wildman–Crippen MR) is 114 cm³/mol. The van der Waals surface area contributed by atoms with Crippen molar-refractivity contribution in [2.75, 3.05) is 6.61 Å². The minimum absolute atomic E-state index is 0.257. The van der Waals surface area contributed by atoms with Gasteiger partial charge in [-0.25, -0.2) is 10.2 Å². The van der Waals surface area contributed by atoms with Crippen LogP contribution in [-0.2, 0) is 4.74 Å². The molecule has 1 aromatic heterocycles. The van der Waals surface area contributed by atoms with Crippen molar-refractivity contribution < 1.29 is 18.7 Å². The lowest BCUT2D eigenvalue weighted by molar-refractivity contribution is 0.0526. The Labute approximate surface area is 180 Å². The van der Waals surface area contributed by atoms with E-state index in [0.717, 1.165) is 4.47 Å². The van der Waals surface area contributed by atoms with Crippen LogP contribution in [0.25, 0.3) is 11.3 Å². The van der Waals surface area contributed by atoms with E-state index < -0.39 is 5.97 Å². The van der Waals surface area contributed by atoms with Gasteiger partial charge in [0.05, 0.1) is 23.4 Å². The summed E-state index contributed by atoms with van der Waals surface area (Å²) in [6.45, 7) is 1.98. The van der Waals surface area contributed by atoms with Gasteiger partial charge in [0.1, 0.15) is 11.5 Å². The van der Waals surface area contributed by atoms with Crippen molar-refractivity contribution in [2.45, 2.75) is 6.92 Å². The third-order valence-electron chi connectivity index (χ3n) is 3.84. The summed E-state index contributed by atoms with van der Waals surface area (Å²) >= 11 is 9.40. The van der Waals surface area contributed by atoms with Gasteiger partial charge in [0.2, 0.25) is 0 Å². The Morgan fingerprint density at radius 3 is 2.66 bits per heavy atom. The Morgan fingerprint density at radius 2 is 1.93 bits per heavy atom. The number of furan rings is 1. The van der Waals surface area contributed by atoms with Crippen LogP contribution >= 0.6 is 27.5 Å². The molecule has 0 saturated carbocycles. The van der Waals surface area contributed by atoms with E-state index in [1.165, 1.54) is 6.21 Å². The quantitative estimate of drug-likeness (QED) is 0.298. The number of carbonyl (C=O) groups is 2. The van der Waals surface area contributed by atoms with E-state index >= 15 is 0 Å². The first-order valence-electron chi connectivity index (χ1n) is 8.63. The molecular formula is C21H16BrClN2O4. The Morgan fingerprint density at radius 1 is 1.17 bits per heavy atom. The first kappa shape index (κ1) is 20.8. The highest BCUT2D eigenvalue weighted by Crippen LogP contribution is 2.27. The molecule has 0 saturated heterocycles. The van der Waals surface area contributed by atoms with E-state index in [1.54, 1.807) is 61.5 Å². The van der Waals surface area contributed by atoms with Gasteiger partial charge in [-0.2, -0.15) is 5.10 Å². The Balaban J connectivity index is 1.70. The summed E-state index contributed by atoms with van der Waals surface area (Å²) in [6.07, 6.45) is 1.39. The van der Waals surface area contributed by atoms with E-state index in [4.69, 9.17) is 20.8 Å². The molecule has 0 fully saturated rings. The molecule has 0 spiro atoms. The van der Waals surface area contributed by atoms with Crippen LogP contribution in [0.4, 0.5) is 0 Å². The maximum atomic E-state index is 12.0. The van der Waals surface area contributed by atoms with Crippen molar-refractivity contribution in [3.8, 4) is 11.3 Å². The molecule has 0 aliphatic carbocycles. The average Bonchev–Trinajstić information content (AvgIpc) is 3.18. The molecule has 29 heavy (non-hydrogen) atoms. The monoisotopic (exact) mass is 474 g/mol. The number of ether oxygens (including phenoxy) is 1. The maximum absolute atomic E-state index is 12.0. The highest BCUT2D eigenvalue weighted by atomic mass is 79.9. The number of nitrogens with zero attached hydrogens (tertiary/aromatic N) is 1. The van der Waals surface area contributed by atoms with Crippen LogP contribution in [0.15, 0.2) is 68.6 Å². The number of carbonyl (C=O) groups excluding carboxylic acids is 2. The highest BCUT2D eigenvalue weighted by molar-refractivity contribution is 9.10. The Kier molecular flexibility index (Phi) is 6.85. The van der Waals surface area contributed by atoms with Gasteiger partial charge >= 0.3 is 5.97 Å². The molecule has 1 heterocycles. The van der Waals surface area contributed by atoms with Gasteiger partial charge in [-0.15, -0.1) is 0 Å². The third kappa shape index (κ3) is 5.34. The van der Waals surface area contributed by atoms with Crippen molar-refractivity contribution in [1.82, 2.24) is 5.43 Å². The second kappa shape index (κ2) is 9.54. The van der Waals surface area contributed by atoms with E-state index in [1.807, 2.05) is 0 Å². The molecule has 8 heteroatoms. The van der Waals surface area contributed by atoms with E-state index in [2.05, 4.69) is 26.5 Å². The lowest BCUT2D eigenvalue weighted by Gasteiger charge is -2.05. The number of hydrogen-bond acceptors (Lipinski definition) is 5. The van der Waals surface area contributed by atoms with Gasteiger partial charge in [-0.05, 0) is 61.5 Å². The fourth-order valence-electron chi connectivity index (χ4n) is 2.44. The zero-order valence-corrected chi connectivity index (χ0v) is 17.7. The minimum atomic E-state index is -0.497. The number of rotatable bonds is 6. The summed E-state index contributed by atoms with van der Waals surface area (Å²) in [6, 6.07) is 15.3. The molecule has 0 unspecified atom stereocenters. The summed E-state index contributed by atoms with van der Waals surface area (Å²) in [4.78, 5) is 24.0. The van der Waals surface area contributed by atoms with E-state index in [0.29, 0.717) is 27.7 Å². The number of amides is 1. The molecule has 0 radical (unpaired) electrons. The summed E-state index contributed by atoms with van der Waals surface area (Å²) in [5.41, 5.74) is 3.85. The lowest BCUT2D eigenvalue weighted by atomic mass is 10.1. The smallest absolute Gasteiger partial charge is 0.339 e. The van der Waals surface area contributed by atoms with Gasteiger partial charge in [-0.1, -0.05) is 27.5 Å². The van der Waals surface area contributed by atoms with Crippen LogP contribution in [0.3, 0.4) is 0 Å². The zero-order valence-electron chi connectivity index (χ0n) is 15.3. The number of esters is 1. The van der Waals surface area contributed by atoms with Gasteiger partial charge in [0, 0.05) is 15.6 Å². The fourth-order valence-corrected chi connectivity index (χ4v) is 2.90. The van der Waals surface area contributed by atoms with Crippen LogP contribution in [0.2, 0.25) is 5.02 Å². The number of benzene rings is 2. The van der Waals surface area contributed by atoms with Crippen LogP contribution in [-0.4, -0.2) is 24.7 Å². The Hall–Kier alpha value is -2.90. The highest BCUT2D eigenvalue weighted by Gasteiger charge is 2.14. The molecule has 2 aromatic carbocycles. The van der Waals surface area contributed by atoms with Crippen molar-refractivity contribution >= 4 is 45.6 Å². The van der Waals surface area contributed by atoms with Crippen LogP contribution < -0.4 is 5.43 Å². The fraction of sp³-hybridized carbons (Fsp3) is 0.0952.